The number of rotatable bonds is 7. The van der Waals surface area contributed by atoms with Crippen LogP contribution >= 0.6 is 22.9 Å². The van der Waals surface area contributed by atoms with Gasteiger partial charge in [0.25, 0.3) is 5.56 Å². The van der Waals surface area contributed by atoms with Crippen molar-refractivity contribution in [1.29, 1.82) is 0 Å². The minimum atomic E-state index is -0.519. The lowest BCUT2D eigenvalue weighted by molar-refractivity contribution is -0.121. The first kappa shape index (κ1) is 20.4. The maximum Gasteiger partial charge on any atom is 0.332 e. The number of hydrogen-bond donors (Lipinski definition) is 1. The van der Waals surface area contributed by atoms with E-state index >= 15 is 0 Å². The fourth-order valence-electron chi connectivity index (χ4n) is 2.92. The predicted molar refractivity (Wildman–Crippen MR) is 113 cm³/mol. The Bertz CT molecular complexity index is 1110. The van der Waals surface area contributed by atoms with E-state index < -0.39 is 5.69 Å². The average Bonchev–Trinajstić information content (AvgIpc) is 3.13. The molecule has 3 aromatic rings. The van der Waals surface area contributed by atoms with E-state index in [4.69, 9.17) is 11.6 Å². The first-order chi connectivity index (χ1) is 13.4. The minimum absolute atomic E-state index is 0.0557. The van der Waals surface area contributed by atoms with Crippen LogP contribution in [-0.2, 0) is 17.9 Å². The highest BCUT2D eigenvalue weighted by Crippen LogP contribution is 2.18. The monoisotopic (exact) mass is 419 g/mol. The molecule has 28 heavy (non-hydrogen) atoms. The number of hydrogen-bond acceptors (Lipinski definition) is 4. The molecule has 0 saturated carbocycles. The molecule has 2 heterocycles. The summed E-state index contributed by atoms with van der Waals surface area (Å²) in [6.45, 7) is 4.64. The van der Waals surface area contributed by atoms with Crippen molar-refractivity contribution in [3.8, 4) is 0 Å². The van der Waals surface area contributed by atoms with Gasteiger partial charge >= 0.3 is 5.69 Å². The van der Waals surface area contributed by atoms with Crippen LogP contribution in [0.1, 0.15) is 25.8 Å². The summed E-state index contributed by atoms with van der Waals surface area (Å²) in [5.41, 5.74) is 0.267. The van der Waals surface area contributed by atoms with Crippen molar-refractivity contribution in [2.45, 2.75) is 33.4 Å². The van der Waals surface area contributed by atoms with Gasteiger partial charge in [-0.25, -0.2) is 4.79 Å². The molecule has 0 aliphatic rings. The molecule has 0 aliphatic heterocycles. The van der Waals surface area contributed by atoms with Crippen molar-refractivity contribution >= 4 is 39.1 Å². The molecule has 0 spiro atoms. The van der Waals surface area contributed by atoms with Crippen LogP contribution in [0.5, 0.6) is 0 Å². The number of halogens is 1. The Morgan fingerprint density at radius 1 is 1.18 bits per heavy atom. The number of thiophene rings is 1. The molecular formula is C20H22ClN3O3S. The van der Waals surface area contributed by atoms with E-state index in [1.807, 2.05) is 0 Å². The number of nitrogens with zero attached hydrogens (tertiary/aromatic N) is 2. The lowest BCUT2D eigenvalue weighted by atomic mass is 10.1. The first-order valence-corrected chi connectivity index (χ1v) is 10.3. The lowest BCUT2D eigenvalue weighted by Crippen LogP contribution is -2.42. The fourth-order valence-corrected chi connectivity index (χ4v) is 3.96. The number of amides is 1. The van der Waals surface area contributed by atoms with Crippen LogP contribution in [0.3, 0.4) is 0 Å². The smallest absolute Gasteiger partial charge is 0.332 e. The summed E-state index contributed by atoms with van der Waals surface area (Å²) >= 11 is 7.45. The molecule has 0 unspecified atom stereocenters. The highest BCUT2D eigenvalue weighted by Gasteiger charge is 2.17. The summed E-state index contributed by atoms with van der Waals surface area (Å²) in [6, 6.07) is 8.78. The van der Waals surface area contributed by atoms with Gasteiger partial charge in [-0.3, -0.25) is 18.7 Å². The summed E-state index contributed by atoms with van der Waals surface area (Å²) in [4.78, 5) is 38.2. The van der Waals surface area contributed by atoms with Gasteiger partial charge in [0.2, 0.25) is 5.91 Å². The fraction of sp³-hybridized carbons (Fsp3) is 0.350. The molecule has 3 rings (SSSR count). The number of carbonyl (C=O) groups excluding carboxylic acids is 1. The van der Waals surface area contributed by atoms with E-state index in [2.05, 4.69) is 19.2 Å². The van der Waals surface area contributed by atoms with E-state index in [9.17, 15) is 14.4 Å². The van der Waals surface area contributed by atoms with Gasteiger partial charge < -0.3 is 5.32 Å². The maximum absolute atomic E-state index is 13.0. The number of benzene rings is 1. The number of nitrogens with one attached hydrogen (secondary N) is 1. The largest absolute Gasteiger partial charge is 0.355 e. The van der Waals surface area contributed by atoms with Crippen LogP contribution in [0.25, 0.3) is 10.2 Å². The van der Waals surface area contributed by atoms with E-state index in [0.717, 1.165) is 11.0 Å². The van der Waals surface area contributed by atoms with Crippen molar-refractivity contribution in [3.05, 3.63) is 67.1 Å². The SMILES string of the molecule is CC(C)CCNC(=O)Cn1c(=O)n(Cc2ccccc2Cl)c(=O)c2sccc21. The second-order valence-corrected chi connectivity index (χ2v) is 8.34. The second-order valence-electron chi connectivity index (χ2n) is 7.02. The minimum Gasteiger partial charge on any atom is -0.355 e. The van der Waals surface area contributed by atoms with Gasteiger partial charge in [0, 0.05) is 11.6 Å². The zero-order chi connectivity index (χ0) is 20.3. The molecule has 6 nitrogen and oxygen atoms in total. The Kier molecular flexibility index (Phi) is 6.36. The molecule has 1 N–H and O–H groups in total. The molecule has 2 aromatic heterocycles. The zero-order valence-corrected chi connectivity index (χ0v) is 17.3. The molecule has 0 saturated heterocycles. The quantitative estimate of drug-likeness (QED) is 0.639. The van der Waals surface area contributed by atoms with E-state index in [-0.39, 0.29) is 24.6 Å². The molecule has 0 fully saturated rings. The van der Waals surface area contributed by atoms with Crippen LogP contribution in [0, 0.1) is 5.92 Å². The van der Waals surface area contributed by atoms with Gasteiger partial charge in [-0.15, -0.1) is 11.3 Å². The van der Waals surface area contributed by atoms with Crippen molar-refractivity contribution in [2.75, 3.05) is 6.54 Å². The van der Waals surface area contributed by atoms with Gasteiger partial charge in [0.05, 0.1) is 12.1 Å². The van der Waals surface area contributed by atoms with Crippen LogP contribution in [0.15, 0.2) is 45.3 Å². The summed E-state index contributed by atoms with van der Waals surface area (Å²) in [5, 5.41) is 5.07. The standard InChI is InChI=1S/C20H22ClN3O3S/c1-13(2)7-9-22-17(25)12-23-16-8-10-28-18(16)19(26)24(20(23)27)11-14-5-3-4-6-15(14)21/h3-6,8,10,13H,7,9,11-12H2,1-2H3,(H,22,25). The molecule has 0 atom stereocenters. The highest BCUT2D eigenvalue weighted by atomic mass is 35.5. The van der Waals surface area contributed by atoms with Crippen molar-refractivity contribution < 1.29 is 4.79 Å². The summed E-state index contributed by atoms with van der Waals surface area (Å²) in [5.74, 6) is 0.224. The van der Waals surface area contributed by atoms with E-state index in [0.29, 0.717) is 33.3 Å². The predicted octanol–water partition coefficient (Wildman–Crippen LogP) is 3.09. The van der Waals surface area contributed by atoms with E-state index in [1.54, 1.807) is 35.7 Å². The van der Waals surface area contributed by atoms with Gasteiger partial charge in [-0.1, -0.05) is 43.6 Å². The molecule has 1 amide bonds. The Labute approximate surface area is 171 Å². The van der Waals surface area contributed by atoms with Gasteiger partial charge in [0.1, 0.15) is 11.2 Å². The topological polar surface area (TPSA) is 73.1 Å². The highest BCUT2D eigenvalue weighted by molar-refractivity contribution is 7.17. The number of fused-ring (bicyclic) bond motifs is 1. The van der Waals surface area contributed by atoms with E-state index in [1.165, 1.54) is 15.9 Å². The van der Waals surface area contributed by atoms with Crippen molar-refractivity contribution in [3.63, 3.8) is 0 Å². The maximum atomic E-state index is 13.0. The Hall–Kier alpha value is -2.38. The summed E-state index contributed by atoms with van der Waals surface area (Å²) < 4.78 is 2.94. The normalized spacial score (nSPS) is 11.3. The van der Waals surface area contributed by atoms with Crippen LogP contribution < -0.4 is 16.6 Å². The van der Waals surface area contributed by atoms with Crippen molar-refractivity contribution in [1.82, 2.24) is 14.5 Å². The molecule has 148 valence electrons. The molecule has 0 radical (unpaired) electrons. The average molecular weight is 420 g/mol. The summed E-state index contributed by atoms with van der Waals surface area (Å²) in [6.07, 6.45) is 0.862. The molecule has 0 aliphatic carbocycles. The number of carbonyl (C=O) groups is 1. The van der Waals surface area contributed by atoms with Crippen LogP contribution in [-0.4, -0.2) is 21.6 Å². The van der Waals surface area contributed by atoms with Gasteiger partial charge in [-0.05, 0) is 35.4 Å². The second kappa shape index (κ2) is 8.75. The summed E-state index contributed by atoms with van der Waals surface area (Å²) in [7, 11) is 0. The van der Waals surface area contributed by atoms with Crippen LogP contribution in [0.4, 0.5) is 0 Å². The molecular weight excluding hydrogens is 398 g/mol. The lowest BCUT2D eigenvalue weighted by Gasteiger charge is -2.13. The number of aromatic nitrogens is 2. The Morgan fingerprint density at radius 3 is 2.64 bits per heavy atom. The molecule has 1 aromatic carbocycles. The third-order valence-electron chi connectivity index (χ3n) is 4.47. The Balaban J connectivity index is 1.98. The first-order valence-electron chi connectivity index (χ1n) is 9.09. The Morgan fingerprint density at radius 2 is 1.93 bits per heavy atom. The molecule has 0 bridgehead atoms. The van der Waals surface area contributed by atoms with Crippen molar-refractivity contribution in [2.24, 2.45) is 5.92 Å². The van der Waals surface area contributed by atoms with Crippen LogP contribution in [0.2, 0.25) is 5.02 Å². The molecule has 8 heteroatoms. The van der Waals surface area contributed by atoms with Gasteiger partial charge in [-0.2, -0.15) is 0 Å². The van der Waals surface area contributed by atoms with Gasteiger partial charge in [0.15, 0.2) is 0 Å². The zero-order valence-electron chi connectivity index (χ0n) is 15.8. The third-order valence-corrected chi connectivity index (χ3v) is 5.73. The third kappa shape index (κ3) is 4.36.